The first-order valence-electron chi connectivity index (χ1n) is 5.58. The summed E-state index contributed by atoms with van der Waals surface area (Å²) < 4.78 is 19.2. The Balaban J connectivity index is 2.33. The smallest absolute Gasteiger partial charge is 0.169 e. The van der Waals surface area contributed by atoms with Crippen LogP contribution in [0.1, 0.15) is 18.9 Å². The molecule has 0 saturated carbocycles. The van der Waals surface area contributed by atoms with Crippen molar-refractivity contribution in [2.75, 3.05) is 7.05 Å². The molecule has 2 nitrogen and oxygen atoms in total. The van der Waals surface area contributed by atoms with E-state index >= 15 is 0 Å². The Labute approximate surface area is 94.4 Å². The molecule has 0 bridgehead atoms. The third-order valence-corrected chi connectivity index (χ3v) is 3.01. The molecule has 1 heterocycles. The molecule has 0 amide bonds. The van der Waals surface area contributed by atoms with Gasteiger partial charge in [-0.3, -0.25) is 0 Å². The molecule has 1 aromatic heterocycles. The third kappa shape index (κ3) is 1.95. The Morgan fingerprint density at radius 3 is 2.88 bits per heavy atom. The number of halogens is 1. The highest BCUT2D eigenvalue weighted by molar-refractivity contribution is 5.78. The van der Waals surface area contributed by atoms with Crippen molar-refractivity contribution in [1.29, 1.82) is 0 Å². The van der Waals surface area contributed by atoms with Crippen LogP contribution in [0.4, 0.5) is 4.39 Å². The molecule has 0 aliphatic heterocycles. The molecule has 1 aromatic carbocycles. The van der Waals surface area contributed by atoms with Crippen LogP contribution in [0.15, 0.2) is 28.9 Å². The van der Waals surface area contributed by atoms with Crippen molar-refractivity contribution < 1.29 is 8.81 Å². The zero-order valence-corrected chi connectivity index (χ0v) is 9.59. The zero-order valence-electron chi connectivity index (χ0n) is 9.59. The summed E-state index contributed by atoms with van der Waals surface area (Å²) in [6, 6.07) is 5.83. The summed E-state index contributed by atoms with van der Waals surface area (Å²) in [7, 11) is 1.90. The summed E-state index contributed by atoms with van der Waals surface area (Å²) in [4.78, 5) is 0. The molecular weight excluding hydrogens is 205 g/mol. The van der Waals surface area contributed by atoms with Gasteiger partial charge in [-0.1, -0.05) is 19.1 Å². The first-order chi connectivity index (χ1) is 7.76. The standard InChI is InChI=1S/C13H16FNO/c1-3-11(15-2)8-10-5-4-9-6-7-16-13(9)12(10)14/h4-7,11,15H,3,8H2,1-2H3/t11-/m1/s1. The van der Waals surface area contributed by atoms with Crippen molar-refractivity contribution in [3.63, 3.8) is 0 Å². The SMILES string of the molecule is CC[C@H](Cc1ccc2ccoc2c1F)NC. The van der Waals surface area contributed by atoms with E-state index < -0.39 is 0 Å². The molecule has 3 heteroatoms. The summed E-state index contributed by atoms with van der Waals surface area (Å²) >= 11 is 0. The third-order valence-electron chi connectivity index (χ3n) is 3.01. The van der Waals surface area contributed by atoms with E-state index in [0.717, 1.165) is 11.8 Å². The predicted molar refractivity (Wildman–Crippen MR) is 63.0 cm³/mol. The number of rotatable bonds is 4. The maximum atomic E-state index is 14.0. The van der Waals surface area contributed by atoms with Crippen LogP contribution < -0.4 is 5.32 Å². The van der Waals surface area contributed by atoms with Gasteiger partial charge in [-0.2, -0.15) is 0 Å². The molecule has 0 spiro atoms. The van der Waals surface area contributed by atoms with Crippen molar-refractivity contribution in [2.45, 2.75) is 25.8 Å². The van der Waals surface area contributed by atoms with E-state index in [4.69, 9.17) is 4.42 Å². The van der Waals surface area contributed by atoms with Gasteiger partial charge >= 0.3 is 0 Å². The van der Waals surface area contributed by atoms with E-state index in [0.29, 0.717) is 23.6 Å². The Kier molecular flexibility index (Phi) is 3.25. The molecule has 0 radical (unpaired) electrons. The summed E-state index contributed by atoms with van der Waals surface area (Å²) in [6.07, 6.45) is 3.19. The molecule has 1 N–H and O–H groups in total. The monoisotopic (exact) mass is 221 g/mol. The molecule has 0 unspecified atom stereocenters. The molecule has 0 fully saturated rings. The first kappa shape index (κ1) is 11.1. The zero-order chi connectivity index (χ0) is 11.5. The van der Waals surface area contributed by atoms with E-state index in [9.17, 15) is 4.39 Å². The van der Waals surface area contributed by atoms with Crippen LogP contribution in [0.25, 0.3) is 11.0 Å². The Morgan fingerprint density at radius 2 is 2.19 bits per heavy atom. The van der Waals surface area contributed by atoms with Crippen LogP contribution in [0.2, 0.25) is 0 Å². The fourth-order valence-corrected chi connectivity index (χ4v) is 1.91. The second-order valence-corrected chi connectivity index (χ2v) is 3.98. The molecule has 0 aliphatic rings. The maximum Gasteiger partial charge on any atom is 0.169 e. The normalized spacial score (nSPS) is 13.2. The quantitative estimate of drug-likeness (QED) is 0.858. The van der Waals surface area contributed by atoms with E-state index in [1.54, 1.807) is 6.07 Å². The van der Waals surface area contributed by atoms with Crippen molar-refractivity contribution in [1.82, 2.24) is 5.32 Å². The van der Waals surface area contributed by atoms with Gasteiger partial charge < -0.3 is 9.73 Å². The molecule has 0 saturated heterocycles. The van der Waals surface area contributed by atoms with E-state index in [-0.39, 0.29) is 5.82 Å². The Bertz CT molecular complexity index is 474. The van der Waals surface area contributed by atoms with Crippen LogP contribution in [0.5, 0.6) is 0 Å². The van der Waals surface area contributed by atoms with Crippen LogP contribution in [-0.4, -0.2) is 13.1 Å². The summed E-state index contributed by atoms with van der Waals surface area (Å²) in [5.41, 5.74) is 1.08. The highest BCUT2D eigenvalue weighted by atomic mass is 19.1. The summed E-state index contributed by atoms with van der Waals surface area (Å²) in [5, 5.41) is 3.99. The van der Waals surface area contributed by atoms with Gasteiger partial charge in [0.15, 0.2) is 11.4 Å². The number of hydrogen-bond donors (Lipinski definition) is 1. The molecule has 0 aliphatic carbocycles. The minimum absolute atomic E-state index is 0.226. The molecule has 16 heavy (non-hydrogen) atoms. The van der Waals surface area contributed by atoms with Gasteiger partial charge in [-0.05, 0) is 31.5 Å². The second-order valence-electron chi connectivity index (χ2n) is 3.98. The van der Waals surface area contributed by atoms with E-state index in [1.807, 2.05) is 19.2 Å². The lowest BCUT2D eigenvalue weighted by Crippen LogP contribution is -2.26. The summed E-state index contributed by atoms with van der Waals surface area (Å²) in [5.74, 6) is -0.226. The van der Waals surface area contributed by atoms with Gasteiger partial charge in [-0.25, -0.2) is 4.39 Å². The predicted octanol–water partition coefficient (Wildman–Crippen LogP) is 3.11. The van der Waals surface area contributed by atoms with Crippen molar-refractivity contribution >= 4 is 11.0 Å². The minimum Gasteiger partial charge on any atom is -0.461 e. The lowest BCUT2D eigenvalue weighted by Gasteiger charge is -2.14. The largest absolute Gasteiger partial charge is 0.461 e. The van der Waals surface area contributed by atoms with Crippen LogP contribution in [0, 0.1) is 5.82 Å². The Morgan fingerprint density at radius 1 is 1.38 bits per heavy atom. The average molecular weight is 221 g/mol. The lowest BCUT2D eigenvalue weighted by atomic mass is 10.0. The van der Waals surface area contributed by atoms with Crippen LogP contribution in [0.3, 0.4) is 0 Å². The minimum atomic E-state index is -0.226. The molecule has 2 aromatic rings. The molecule has 2 rings (SSSR count). The van der Waals surface area contributed by atoms with Gasteiger partial charge in [0.25, 0.3) is 0 Å². The molecule has 86 valence electrons. The van der Waals surface area contributed by atoms with Crippen LogP contribution >= 0.6 is 0 Å². The second kappa shape index (κ2) is 4.66. The highest BCUT2D eigenvalue weighted by Gasteiger charge is 2.13. The number of furan rings is 1. The highest BCUT2D eigenvalue weighted by Crippen LogP contribution is 2.23. The van der Waals surface area contributed by atoms with Gasteiger partial charge in [-0.15, -0.1) is 0 Å². The van der Waals surface area contributed by atoms with Gasteiger partial charge in [0.1, 0.15) is 0 Å². The molecule has 1 atom stereocenters. The fourth-order valence-electron chi connectivity index (χ4n) is 1.91. The fraction of sp³-hybridized carbons (Fsp3) is 0.385. The topological polar surface area (TPSA) is 25.2 Å². The lowest BCUT2D eigenvalue weighted by molar-refractivity contribution is 0.513. The number of likely N-dealkylation sites (N-methyl/N-ethyl adjacent to an activating group) is 1. The maximum absolute atomic E-state index is 14.0. The van der Waals surface area contributed by atoms with Crippen molar-refractivity contribution in [3.05, 3.63) is 35.8 Å². The van der Waals surface area contributed by atoms with Crippen molar-refractivity contribution in [3.8, 4) is 0 Å². The van der Waals surface area contributed by atoms with Crippen LogP contribution in [-0.2, 0) is 6.42 Å². The van der Waals surface area contributed by atoms with Gasteiger partial charge in [0.2, 0.25) is 0 Å². The number of benzene rings is 1. The van der Waals surface area contributed by atoms with Gasteiger partial charge in [0, 0.05) is 11.4 Å². The van der Waals surface area contributed by atoms with Crippen molar-refractivity contribution in [2.24, 2.45) is 0 Å². The number of nitrogens with one attached hydrogen (secondary N) is 1. The van der Waals surface area contributed by atoms with E-state index in [1.165, 1.54) is 6.26 Å². The van der Waals surface area contributed by atoms with Gasteiger partial charge in [0.05, 0.1) is 6.26 Å². The number of fused-ring (bicyclic) bond motifs is 1. The molecular formula is C13H16FNO. The van der Waals surface area contributed by atoms with E-state index in [2.05, 4.69) is 12.2 Å². The Hall–Kier alpha value is -1.35. The number of hydrogen-bond acceptors (Lipinski definition) is 2. The summed E-state index contributed by atoms with van der Waals surface area (Å²) in [6.45, 7) is 2.09. The first-order valence-corrected chi connectivity index (χ1v) is 5.58. The average Bonchev–Trinajstić information content (AvgIpc) is 2.77.